The van der Waals surface area contributed by atoms with Crippen molar-refractivity contribution >= 4 is 11.6 Å². The van der Waals surface area contributed by atoms with Crippen LogP contribution in [0, 0.1) is 10.1 Å². The molecule has 0 saturated carbocycles. The largest absolute Gasteiger partial charge is 0.467 e. The summed E-state index contributed by atoms with van der Waals surface area (Å²) in [4.78, 5) is 25.2. The van der Waals surface area contributed by atoms with Crippen molar-refractivity contribution in [3.05, 3.63) is 99.5 Å². The minimum atomic E-state index is -0.503. The molecule has 0 atom stereocenters. The zero-order valence-corrected chi connectivity index (χ0v) is 15.0. The molecule has 0 aliphatic rings. The molecule has 0 N–H and O–H groups in total. The lowest BCUT2D eigenvalue weighted by Gasteiger charge is -2.22. The van der Waals surface area contributed by atoms with E-state index in [-0.39, 0.29) is 23.7 Å². The summed E-state index contributed by atoms with van der Waals surface area (Å²) in [5.74, 6) is 0.369. The lowest BCUT2D eigenvalue weighted by atomic mass is 10.1. The Labute approximate surface area is 157 Å². The first-order chi connectivity index (χ1) is 13.1. The molecule has 6 heteroatoms. The molecule has 1 aromatic heterocycles. The summed E-state index contributed by atoms with van der Waals surface area (Å²) in [7, 11) is 0. The third-order valence-corrected chi connectivity index (χ3v) is 4.32. The molecule has 1 amide bonds. The fourth-order valence-corrected chi connectivity index (χ4v) is 2.83. The summed E-state index contributed by atoms with van der Waals surface area (Å²) in [6.45, 7) is 2.75. The number of nitro benzene ring substituents is 1. The van der Waals surface area contributed by atoms with Crippen LogP contribution in [0.2, 0.25) is 0 Å². The molecule has 0 spiro atoms. The molecular weight excluding hydrogens is 344 g/mol. The monoisotopic (exact) mass is 364 g/mol. The maximum atomic E-state index is 13.0. The van der Waals surface area contributed by atoms with Crippen LogP contribution in [-0.4, -0.2) is 15.7 Å². The highest BCUT2D eigenvalue weighted by Crippen LogP contribution is 2.19. The van der Waals surface area contributed by atoms with Crippen molar-refractivity contribution in [2.45, 2.75) is 26.4 Å². The number of aryl methyl sites for hydroxylation is 1. The van der Waals surface area contributed by atoms with Crippen LogP contribution in [-0.2, 0) is 19.5 Å². The molecule has 3 aromatic rings. The fraction of sp³-hybridized carbons (Fsp3) is 0.190. The molecule has 0 unspecified atom stereocenters. The summed E-state index contributed by atoms with van der Waals surface area (Å²) in [5.41, 5.74) is 2.38. The highest BCUT2D eigenvalue weighted by atomic mass is 16.6. The maximum absolute atomic E-state index is 13.0. The number of non-ortho nitro benzene ring substituents is 1. The van der Waals surface area contributed by atoms with Gasteiger partial charge in [0.25, 0.3) is 11.6 Å². The van der Waals surface area contributed by atoms with Gasteiger partial charge in [-0.2, -0.15) is 0 Å². The number of nitro groups is 1. The number of nitrogens with zero attached hydrogens (tertiary/aromatic N) is 2. The van der Waals surface area contributed by atoms with Gasteiger partial charge in [-0.25, -0.2) is 0 Å². The second kappa shape index (κ2) is 8.31. The fourth-order valence-electron chi connectivity index (χ4n) is 2.83. The van der Waals surface area contributed by atoms with Crippen LogP contribution < -0.4 is 0 Å². The summed E-state index contributed by atoms with van der Waals surface area (Å²) in [5, 5.41) is 11.0. The number of amides is 1. The van der Waals surface area contributed by atoms with Gasteiger partial charge in [-0.1, -0.05) is 37.3 Å². The van der Waals surface area contributed by atoms with Gasteiger partial charge in [0.05, 0.1) is 17.7 Å². The van der Waals surface area contributed by atoms with E-state index in [9.17, 15) is 14.9 Å². The maximum Gasteiger partial charge on any atom is 0.270 e. The third kappa shape index (κ3) is 4.61. The third-order valence-electron chi connectivity index (χ3n) is 4.32. The van der Waals surface area contributed by atoms with Crippen molar-refractivity contribution in [3.8, 4) is 0 Å². The molecule has 0 aliphatic carbocycles. The summed E-state index contributed by atoms with van der Waals surface area (Å²) in [6, 6.07) is 17.4. The van der Waals surface area contributed by atoms with E-state index in [1.165, 1.54) is 23.8 Å². The predicted octanol–water partition coefficient (Wildman–Crippen LogP) is 4.59. The zero-order valence-electron chi connectivity index (χ0n) is 15.0. The number of benzene rings is 2. The average molecular weight is 364 g/mol. The first kappa shape index (κ1) is 18.4. The molecule has 1 heterocycles. The van der Waals surface area contributed by atoms with E-state index in [1.807, 2.05) is 24.3 Å². The van der Waals surface area contributed by atoms with Crippen molar-refractivity contribution < 1.29 is 14.1 Å². The molecule has 27 heavy (non-hydrogen) atoms. The molecule has 3 rings (SSSR count). The van der Waals surface area contributed by atoms with E-state index in [1.54, 1.807) is 29.4 Å². The van der Waals surface area contributed by atoms with Gasteiger partial charge < -0.3 is 9.32 Å². The number of carbonyl (C=O) groups excluding carboxylic acids is 1. The first-order valence-corrected chi connectivity index (χ1v) is 8.70. The zero-order chi connectivity index (χ0) is 19.2. The Morgan fingerprint density at radius 2 is 1.78 bits per heavy atom. The van der Waals surface area contributed by atoms with E-state index < -0.39 is 4.92 Å². The van der Waals surface area contributed by atoms with Crippen LogP contribution in [0.3, 0.4) is 0 Å². The van der Waals surface area contributed by atoms with Crippen molar-refractivity contribution in [2.75, 3.05) is 0 Å². The van der Waals surface area contributed by atoms with Crippen LogP contribution >= 0.6 is 0 Å². The van der Waals surface area contributed by atoms with Crippen molar-refractivity contribution in [3.63, 3.8) is 0 Å². The Morgan fingerprint density at radius 3 is 2.41 bits per heavy atom. The molecule has 6 nitrogen and oxygen atoms in total. The van der Waals surface area contributed by atoms with Crippen LogP contribution in [0.15, 0.2) is 71.3 Å². The second-order valence-electron chi connectivity index (χ2n) is 6.22. The van der Waals surface area contributed by atoms with Crippen molar-refractivity contribution in [1.29, 1.82) is 0 Å². The minimum Gasteiger partial charge on any atom is -0.467 e. The van der Waals surface area contributed by atoms with E-state index in [0.29, 0.717) is 12.3 Å². The topological polar surface area (TPSA) is 76.6 Å². The Bertz CT molecular complexity index is 918. The molecule has 2 aromatic carbocycles. The van der Waals surface area contributed by atoms with E-state index in [2.05, 4.69) is 6.92 Å². The van der Waals surface area contributed by atoms with Crippen LogP contribution in [0.5, 0.6) is 0 Å². The number of hydrogen-bond acceptors (Lipinski definition) is 4. The van der Waals surface area contributed by atoms with Gasteiger partial charge in [0.15, 0.2) is 0 Å². The molecule has 0 radical (unpaired) electrons. The average Bonchev–Trinajstić information content (AvgIpc) is 3.20. The standard InChI is InChI=1S/C21H20N2O4/c1-2-16-8-10-17(11-9-16)14-22(15-20-7-4-12-27-20)21(24)18-5-3-6-19(13-18)23(25)26/h3-13H,2,14-15H2,1H3. The van der Waals surface area contributed by atoms with Gasteiger partial charge in [0, 0.05) is 24.2 Å². The van der Waals surface area contributed by atoms with E-state index >= 15 is 0 Å². The summed E-state index contributed by atoms with van der Waals surface area (Å²) < 4.78 is 5.38. The molecular formula is C21H20N2O4. The van der Waals surface area contributed by atoms with Crippen LogP contribution in [0.25, 0.3) is 0 Å². The normalized spacial score (nSPS) is 10.6. The lowest BCUT2D eigenvalue weighted by molar-refractivity contribution is -0.384. The van der Waals surface area contributed by atoms with Gasteiger partial charge >= 0.3 is 0 Å². The van der Waals surface area contributed by atoms with Gasteiger partial charge in [-0.3, -0.25) is 14.9 Å². The van der Waals surface area contributed by atoms with Crippen molar-refractivity contribution in [2.24, 2.45) is 0 Å². The molecule has 138 valence electrons. The lowest BCUT2D eigenvalue weighted by Crippen LogP contribution is -2.30. The van der Waals surface area contributed by atoms with Gasteiger partial charge in [-0.15, -0.1) is 0 Å². The predicted molar refractivity (Wildman–Crippen MR) is 101 cm³/mol. The Kier molecular flexibility index (Phi) is 5.66. The second-order valence-corrected chi connectivity index (χ2v) is 6.22. The van der Waals surface area contributed by atoms with Crippen LogP contribution in [0.4, 0.5) is 5.69 Å². The summed E-state index contributed by atoms with van der Waals surface area (Å²) in [6.07, 6.45) is 2.50. The minimum absolute atomic E-state index is 0.105. The van der Waals surface area contributed by atoms with Gasteiger partial charge in [-0.05, 0) is 35.7 Å². The van der Waals surface area contributed by atoms with Crippen LogP contribution in [0.1, 0.15) is 34.2 Å². The Balaban J connectivity index is 1.87. The Morgan fingerprint density at radius 1 is 1.04 bits per heavy atom. The van der Waals surface area contributed by atoms with E-state index in [0.717, 1.165) is 12.0 Å². The number of hydrogen-bond donors (Lipinski definition) is 0. The molecule has 0 fully saturated rings. The highest BCUT2D eigenvalue weighted by Gasteiger charge is 2.20. The molecule has 0 aliphatic heterocycles. The smallest absolute Gasteiger partial charge is 0.270 e. The van der Waals surface area contributed by atoms with Crippen molar-refractivity contribution in [1.82, 2.24) is 4.90 Å². The number of furan rings is 1. The highest BCUT2D eigenvalue weighted by molar-refractivity contribution is 5.94. The number of rotatable bonds is 7. The first-order valence-electron chi connectivity index (χ1n) is 8.70. The Hall–Kier alpha value is -3.41. The van der Waals surface area contributed by atoms with Gasteiger partial charge in [0.1, 0.15) is 5.76 Å². The number of carbonyl (C=O) groups is 1. The van der Waals surface area contributed by atoms with Gasteiger partial charge in [0.2, 0.25) is 0 Å². The molecule has 0 bridgehead atoms. The van der Waals surface area contributed by atoms with E-state index in [4.69, 9.17) is 4.42 Å². The molecule has 0 saturated heterocycles. The summed E-state index contributed by atoms with van der Waals surface area (Å²) >= 11 is 0. The SMILES string of the molecule is CCc1ccc(CN(Cc2ccco2)C(=O)c2cccc([N+](=O)[O-])c2)cc1. The quantitative estimate of drug-likeness (QED) is 0.454.